The van der Waals surface area contributed by atoms with Gasteiger partial charge in [-0.2, -0.15) is 5.10 Å². The van der Waals surface area contributed by atoms with Crippen LogP contribution in [-0.4, -0.2) is 29.0 Å². The van der Waals surface area contributed by atoms with Gasteiger partial charge in [0.25, 0.3) is 0 Å². The molecule has 1 aromatic rings. The van der Waals surface area contributed by atoms with E-state index in [1.807, 2.05) is 0 Å². The van der Waals surface area contributed by atoms with Crippen molar-refractivity contribution in [3.8, 4) is 0 Å². The second-order valence-corrected chi connectivity index (χ2v) is 5.97. The van der Waals surface area contributed by atoms with E-state index in [9.17, 15) is 0 Å². The summed E-state index contributed by atoms with van der Waals surface area (Å²) in [6.45, 7) is 9.25. The molecule has 1 aromatic heterocycles. The summed E-state index contributed by atoms with van der Waals surface area (Å²) in [5, 5.41) is 8.86. The highest BCUT2D eigenvalue weighted by molar-refractivity contribution is 6.31. The molecule has 5 heteroatoms. The van der Waals surface area contributed by atoms with Gasteiger partial charge in [-0.3, -0.25) is 4.68 Å². The van der Waals surface area contributed by atoms with Crippen LogP contribution in [0.15, 0.2) is 6.20 Å². The standard InChI is InChI=1S/C15H26ClN3O/c1-4-7-17-14(12-6-9-20-11(12)3)15-13(16)10-18-19(15)8-5-2/h10-12,14,17H,4-9H2,1-3H3. The van der Waals surface area contributed by atoms with E-state index in [1.165, 1.54) is 0 Å². The molecule has 20 heavy (non-hydrogen) atoms. The van der Waals surface area contributed by atoms with Crippen molar-refractivity contribution in [3.63, 3.8) is 0 Å². The summed E-state index contributed by atoms with van der Waals surface area (Å²) in [5.74, 6) is 0.464. The number of nitrogens with one attached hydrogen (secondary N) is 1. The van der Waals surface area contributed by atoms with Gasteiger partial charge in [0.05, 0.1) is 29.1 Å². The lowest BCUT2D eigenvalue weighted by Crippen LogP contribution is -2.34. The molecular formula is C15H26ClN3O. The van der Waals surface area contributed by atoms with Crippen LogP contribution < -0.4 is 5.32 Å². The summed E-state index contributed by atoms with van der Waals surface area (Å²) in [6, 6.07) is 0.231. The SMILES string of the molecule is CCCNC(c1c(Cl)cnn1CCC)C1CCOC1C. The van der Waals surface area contributed by atoms with Crippen molar-refractivity contribution in [2.45, 2.75) is 58.7 Å². The van der Waals surface area contributed by atoms with Crippen molar-refractivity contribution in [2.24, 2.45) is 5.92 Å². The van der Waals surface area contributed by atoms with E-state index in [0.717, 1.165) is 49.7 Å². The predicted octanol–water partition coefficient (Wildman–Crippen LogP) is 3.41. The fourth-order valence-corrected chi connectivity index (χ4v) is 3.27. The van der Waals surface area contributed by atoms with Crippen molar-refractivity contribution < 1.29 is 4.74 Å². The van der Waals surface area contributed by atoms with Crippen molar-refractivity contribution in [2.75, 3.05) is 13.2 Å². The smallest absolute Gasteiger partial charge is 0.0834 e. The maximum Gasteiger partial charge on any atom is 0.0834 e. The van der Waals surface area contributed by atoms with Gasteiger partial charge in [-0.25, -0.2) is 0 Å². The van der Waals surface area contributed by atoms with Crippen LogP contribution in [0.1, 0.15) is 51.8 Å². The predicted molar refractivity (Wildman–Crippen MR) is 82.1 cm³/mol. The molecule has 0 amide bonds. The number of halogens is 1. The highest BCUT2D eigenvalue weighted by Crippen LogP contribution is 2.36. The Balaban J connectivity index is 2.27. The average molecular weight is 300 g/mol. The van der Waals surface area contributed by atoms with Gasteiger partial charge in [-0.1, -0.05) is 25.4 Å². The Morgan fingerprint density at radius 3 is 2.90 bits per heavy atom. The fourth-order valence-electron chi connectivity index (χ4n) is 3.01. The first-order valence-corrected chi connectivity index (χ1v) is 8.13. The van der Waals surface area contributed by atoms with Gasteiger partial charge in [-0.15, -0.1) is 0 Å². The van der Waals surface area contributed by atoms with E-state index in [-0.39, 0.29) is 12.1 Å². The lowest BCUT2D eigenvalue weighted by Gasteiger charge is -2.28. The summed E-state index contributed by atoms with van der Waals surface area (Å²) < 4.78 is 7.81. The van der Waals surface area contributed by atoms with E-state index in [4.69, 9.17) is 16.3 Å². The lowest BCUT2D eigenvalue weighted by molar-refractivity contribution is 0.0942. The molecule has 3 unspecified atom stereocenters. The second kappa shape index (κ2) is 7.43. The molecule has 1 saturated heterocycles. The highest BCUT2D eigenvalue weighted by atomic mass is 35.5. The molecule has 1 aliphatic rings. The molecule has 114 valence electrons. The number of ether oxygens (including phenoxy) is 1. The number of aromatic nitrogens is 2. The lowest BCUT2D eigenvalue weighted by atomic mass is 9.91. The van der Waals surface area contributed by atoms with E-state index >= 15 is 0 Å². The third-order valence-corrected chi connectivity index (χ3v) is 4.33. The highest BCUT2D eigenvalue weighted by Gasteiger charge is 2.35. The molecule has 0 spiro atoms. The van der Waals surface area contributed by atoms with Crippen molar-refractivity contribution in [1.29, 1.82) is 0 Å². The van der Waals surface area contributed by atoms with Crippen LogP contribution in [0.5, 0.6) is 0 Å². The van der Waals surface area contributed by atoms with E-state index in [0.29, 0.717) is 5.92 Å². The van der Waals surface area contributed by atoms with Crippen LogP contribution in [0, 0.1) is 5.92 Å². The topological polar surface area (TPSA) is 39.1 Å². The van der Waals surface area contributed by atoms with Crippen molar-refractivity contribution in [3.05, 3.63) is 16.9 Å². The van der Waals surface area contributed by atoms with Crippen LogP contribution in [0.2, 0.25) is 5.02 Å². The van der Waals surface area contributed by atoms with E-state index in [1.54, 1.807) is 6.20 Å². The minimum Gasteiger partial charge on any atom is -0.378 e. The van der Waals surface area contributed by atoms with Crippen LogP contribution in [0.4, 0.5) is 0 Å². The Morgan fingerprint density at radius 2 is 2.30 bits per heavy atom. The van der Waals surface area contributed by atoms with Gasteiger partial charge in [0.1, 0.15) is 0 Å². The largest absolute Gasteiger partial charge is 0.378 e. The average Bonchev–Trinajstić information content (AvgIpc) is 3.00. The summed E-state index contributed by atoms with van der Waals surface area (Å²) >= 11 is 6.42. The van der Waals surface area contributed by atoms with Gasteiger partial charge >= 0.3 is 0 Å². The molecule has 4 nitrogen and oxygen atoms in total. The van der Waals surface area contributed by atoms with Crippen LogP contribution in [0.3, 0.4) is 0 Å². The molecule has 0 radical (unpaired) electrons. The molecule has 2 rings (SSSR count). The third-order valence-electron chi connectivity index (χ3n) is 4.04. The fraction of sp³-hybridized carbons (Fsp3) is 0.800. The zero-order valence-electron chi connectivity index (χ0n) is 12.7. The maximum absolute atomic E-state index is 6.42. The molecule has 0 saturated carbocycles. The maximum atomic E-state index is 6.42. The molecule has 1 N–H and O–H groups in total. The number of rotatable bonds is 7. The summed E-state index contributed by atoms with van der Waals surface area (Å²) in [6.07, 6.45) is 5.29. The first-order valence-electron chi connectivity index (χ1n) is 7.75. The minimum atomic E-state index is 0.231. The Bertz CT molecular complexity index is 421. The molecule has 0 aromatic carbocycles. The van der Waals surface area contributed by atoms with Crippen LogP contribution >= 0.6 is 11.6 Å². The molecule has 1 fully saturated rings. The Kier molecular flexibility index (Phi) is 5.87. The van der Waals surface area contributed by atoms with Crippen LogP contribution in [0.25, 0.3) is 0 Å². The van der Waals surface area contributed by atoms with Crippen molar-refractivity contribution in [1.82, 2.24) is 15.1 Å². The molecule has 0 aliphatic carbocycles. The number of aryl methyl sites for hydroxylation is 1. The first kappa shape index (κ1) is 15.8. The van der Waals surface area contributed by atoms with E-state index in [2.05, 4.69) is 35.9 Å². The van der Waals surface area contributed by atoms with Gasteiger partial charge < -0.3 is 10.1 Å². The number of hydrogen-bond donors (Lipinski definition) is 1. The van der Waals surface area contributed by atoms with Gasteiger partial charge in [0, 0.05) is 19.1 Å². The summed E-state index contributed by atoms with van der Waals surface area (Å²) in [4.78, 5) is 0. The third kappa shape index (κ3) is 3.35. The minimum absolute atomic E-state index is 0.231. The van der Waals surface area contributed by atoms with Gasteiger partial charge in [-0.05, 0) is 32.7 Å². The number of hydrogen-bond acceptors (Lipinski definition) is 3. The quantitative estimate of drug-likeness (QED) is 0.838. The zero-order chi connectivity index (χ0) is 14.5. The molecule has 2 heterocycles. The molecule has 3 atom stereocenters. The van der Waals surface area contributed by atoms with Crippen LogP contribution in [-0.2, 0) is 11.3 Å². The van der Waals surface area contributed by atoms with Crippen molar-refractivity contribution >= 4 is 11.6 Å². The molecule has 0 bridgehead atoms. The zero-order valence-corrected chi connectivity index (χ0v) is 13.5. The monoisotopic (exact) mass is 299 g/mol. The molecular weight excluding hydrogens is 274 g/mol. The first-order chi connectivity index (χ1) is 9.69. The normalized spacial score (nSPS) is 24.2. The van der Waals surface area contributed by atoms with E-state index < -0.39 is 0 Å². The van der Waals surface area contributed by atoms with Gasteiger partial charge in [0.2, 0.25) is 0 Å². The van der Waals surface area contributed by atoms with Gasteiger partial charge in [0.15, 0.2) is 0 Å². The number of nitrogens with zero attached hydrogens (tertiary/aromatic N) is 2. The summed E-state index contributed by atoms with van der Waals surface area (Å²) in [7, 11) is 0. The Labute approximate surface area is 126 Å². The molecule has 1 aliphatic heterocycles. The second-order valence-electron chi connectivity index (χ2n) is 5.56. The Morgan fingerprint density at radius 1 is 1.50 bits per heavy atom. The Hall–Kier alpha value is -0.580. The summed E-state index contributed by atoms with van der Waals surface area (Å²) in [5.41, 5.74) is 1.13.